The molecule has 0 spiro atoms. The minimum atomic E-state index is 0.114. The average molecular weight is 251 g/mol. The fraction of sp³-hybridized carbons (Fsp3) is 0.750. The second-order valence-electron chi connectivity index (χ2n) is 5.04. The molecule has 18 heavy (non-hydrogen) atoms. The second-order valence-corrected chi connectivity index (χ2v) is 5.04. The molecule has 6 heteroatoms. The van der Waals surface area contributed by atoms with Crippen LogP contribution in [-0.4, -0.2) is 37.9 Å². The summed E-state index contributed by atoms with van der Waals surface area (Å²) in [6.07, 6.45) is 5.10. The van der Waals surface area contributed by atoms with Gasteiger partial charge in [-0.15, -0.1) is 5.10 Å². The third kappa shape index (κ3) is 2.69. The summed E-state index contributed by atoms with van der Waals surface area (Å²) in [5, 5.41) is 7.80. The molecule has 2 heterocycles. The summed E-state index contributed by atoms with van der Waals surface area (Å²) in [5.74, 6) is 0.114. The summed E-state index contributed by atoms with van der Waals surface area (Å²) >= 11 is 0. The Morgan fingerprint density at radius 1 is 1.44 bits per heavy atom. The van der Waals surface area contributed by atoms with Crippen molar-refractivity contribution in [2.75, 3.05) is 0 Å². The molecule has 0 radical (unpaired) electrons. The van der Waals surface area contributed by atoms with Crippen LogP contribution in [0.3, 0.4) is 0 Å². The maximum atomic E-state index is 12.3. The van der Waals surface area contributed by atoms with Gasteiger partial charge in [-0.2, -0.15) is 0 Å². The summed E-state index contributed by atoms with van der Waals surface area (Å²) in [7, 11) is 0. The van der Waals surface area contributed by atoms with Gasteiger partial charge in [-0.25, -0.2) is 4.68 Å². The molecular formula is C12H21N5O. The molecule has 0 aromatic carbocycles. The summed E-state index contributed by atoms with van der Waals surface area (Å²) < 4.78 is 1.57. The van der Waals surface area contributed by atoms with Crippen molar-refractivity contribution >= 4 is 5.91 Å². The number of hydrogen-bond acceptors (Lipinski definition) is 4. The van der Waals surface area contributed by atoms with Crippen molar-refractivity contribution in [1.82, 2.24) is 19.9 Å². The van der Waals surface area contributed by atoms with Gasteiger partial charge in [0.1, 0.15) is 6.54 Å². The molecule has 1 aromatic rings. The van der Waals surface area contributed by atoms with E-state index in [1.54, 1.807) is 10.9 Å². The fourth-order valence-corrected chi connectivity index (χ4v) is 2.64. The van der Waals surface area contributed by atoms with Crippen molar-refractivity contribution in [2.45, 2.75) is 58.3 Å². The molecule has 100 valence electrons. The van der Waals surface area contributed by atoms with Crippen molar-refractivity contribution in [2.24, 2.45) is 5.73 Å². The van der Waals surface area contributed by atoms with Gasteiger partial charge in [0.05, 0.1) is 11.9 Å². The van der Waals surface area contributed by atoms with E-state index in [0.717, 1.165) is 12.8 Å². The molecule has 2 rings (SSSR count). The van der Waals surface area contributed by atoms with E-state index >= 15 is 0 Å². The van der Waals surface area contributed by atoms with Gasteiger partial charge >= 0.3 is 0 Å². The first-order valence-electron chi connectivity index (χ1n) is 6.52. The van der Waals surface area contributed by atoms with Gasteiger partial charge in [-0.05, 0) is 33.1 Å². The van der Waals surface area contributed by atoms with E-state index < -0.39 is 0 Å². The van der Waals surface area contributed by atoms with Crippen LogP contribution in [0.15, 0.2) is 6.20 Å². The number of amides is 1. The standard InChI is InChI=1S/C12H21N5O/c1-9-4-3-5-10(2)17(9)12(18)8-16-7-11(6-13)14-15-16/h7,9-10H,3-6,8,13H2,1-2H3. The number of rotatable bonds is 3. The van der Waals surface area contributed by atoms with E-state index in [1.165, 1.54) is 6.42 Å². The van der Waals surface area contributed by atoms with Crippen molar-refractivity contribution in [1.29, 1.82) is 0 Å². The zero-order valence-electron chi connectivity index (χ0n) is 11.0. The minimum Gasteiger partial charge on any atom is -0.336 e. The Morgan fingerprint density at radius 2 is 2.11 bits per heavy atom. The lowest BCUT2D eigenvalue weighted by atomic mass is 9.97. The first-order chi connectivity index (χ1) is 8.61. The van der Waals surface area contributed by atoms with E-state index in [9.17, 15) is 4.79 Å². The van der Waals surface area contributed by atoms with Crippen LogP contribution in [-0.2, 0) is 17.9 Å². The van der Waals surface area contributed by atoms with Crippen molar-refractivity contribution in [3.8, 4) is 0 Å². The summed E-state index contributed by atoms with van der Waals surface area (Å²) in [6, 6.07) is 0.637. The normalized spacial score (nSPS) is 24.3. The molecule has 0 aliphatic carbocycles. The monoisotopic (exact) mass is 251 g/mol. The molecule has 2 atom stereocenters. The number of likely N-dealkylation sites (tertiary alicyclic amines) is 1. The molecular weight excluding hydrogens is 230 g/mol. The van der Waals surface area contributed by atoms with Crippen LogP contribution in [0.25, 0.3) is 0 Å². The maximum absolute atomic E-state index is 12.3. The fourth-order valence-electron chi connectivity index (χ4n) is 2.64. The summed E-state index contributed by atoms with van der Waals surface area (Å²) in [5.41, 5.74) is 6.18. The highest BCUT2D eigenvalue weighted by atomic mass is 16.2. The molecule has 2 unspecified atom stereocenters. The van der Waals surface area contributed by atoms with Gasteiger partial charge in [0.2, 0.25) is 5.91 Å². The molecule has 1 amide bonds. The highest BCUT2D eigenvalue weighted by Gasteiger charge is 2.28. The first kappa shape index (κ1) is 13.0. The van der Waals surface area contributed by atoms with Gasteiger partial charge in [0, 0.05) is 18.6 Å². The lowest BCUT2D eigenvalue weighted by Crippen LogP contribution is -2.48. The number of carbonyl (C=O) groups excluding carboxylic acids is 1. The van der Waals surface area contributed by atoms with E-state index in [4.69, 9.17) is 5.73 Å². The highest BCUT2D eigenvalue weighted by molar-refractivity contribution is 5.76. The Labute approximate surface area is 107 Å². The predicted octanol–water partition coefficient (Wildman–Crippen LogP) is 0.526. The van der Waals surface area contributed by atoms with Gasteiger partial charge in [-0.1, -0.05) is 5.21 Å². The molecule has 1 aliphatic heterocycles. The Bertz CT molecular complexity index is 406. The first-order valence-corrected chi connectivity index (χ1v) is 6.52. The second kappa shape index (κ2) is 5.48. The molecule has 2 N–H and O–H groups in total. The van der Waals surface area contributed by atoms with Gasteiger partial charge in [0.15, 0.2) is 0 Å². The van der Waals surface area contributed by atoms with Crippen LogP contribution >= 0.6 is 0 Å². The van der Waals surface area contributed by atoms with E-state index in [2.05, 4.69) is 24.2 Å². The number of hydrogen-bond donors (Lipinski definition) is 1. The molecule has 0 saturated carbocycles. The largest absolute Gasteiger partial charge is 0.336 e. The molecule has 1 aromatic heterocycles. The maximum Gasteiger partial charge on any atom is 0.244 e. The van der Waals surface area contributed by atoms with Gasteiger partial charge in [-0.3, -0.25) is 4.79 Å². The van der Waals surface area contributed by atoms with Crippen LogP contribution in [0.2, 0.25) is 0 Å². The lowest BCUT2D eigenvalue weighted by Gasteiger charge is -2.39. The number of carbonyl (C=O) groups is 1. The Balaban J connectivity index is 2.02. The van der Waals surface area contributed by atoms with Crippen molar-refractivity contribution in [3.05, 3.63) is 11.9 Å². The van der Waals surface area contributed by atoms with Crippen LogP contribution < -0.4 is 5.73 Å². The third-order valence-corrected chi connectivity index (χ3v) is 3.57. The Morgan fingerprint density at radius 3 is 2.67 bits per heavy atom. The number of nitrogens with two attached hydrogens (primary N) is 1. The highest BCUT2D eigenvalue weighted by Crippen LogP contribution is 2.22. The van der Waals surface area contributed by atoms with Crippen LogP contribution in [0.5, 0.6) is 0 Å². The Hall–Kier alpha value is -1.43. The smallest absolute Gasteiger partial charge is 0.244 e. The van der Waals surface area contributed by atoms with Gasteiger partial charge < -0.3 is 10.6 Å². The predicted molar refractivity (Wildman–Crippen MR) is 67.5 cm³/mol. The lowest BCUT2D eigenvalue weighted by molar-refractivity contribution is -0.138. The molecule has 1 aliphatic rings. The average Bonchev–Trinajstić information content (AvgIpc) is 2.76. The van der Waals surface area contributed by atoms with Crippen molar-refractivity contribution in [3.63, 3.8) is 0 Å². The topological polar surface area (TPSA) is 77.0 Å². The zero-order chi connectivity index (χ0) is 13.1. The Kier molecular flexibility index (Phi) is 3.96. The quantitative estimate of drug-likeness (QED) is 0.850. The molecule has 1 fully saturated rings. The van der Waals surface area contributed by atoms with E-state index in [-0.39, 0.29) is 12.5 Å². The number of piperidine rings is 1. The van der Waals surface area contributed by atoms with Crippen LogP contribution in [0.4, 0.5) is 0 Å². The van der Waals surface area contributed by atoms with Gasteiger partial charge in [0.25, 0.3) is 0 Å². The van der Waals surface area contributed by atoms with Crippen LogP contribution in [0.1, 0.15) is 38.8 Å². The molecule has 6 nitrogen and oxygen atoms in total. The molecule has 1 saturated heterocycles. The minimum absolute atomic E-state index is 0.114. The zero-order valence-corrected chi connectivity index (χ0v) is 11.0. The third-order valence-electron chi connectivity index (χ3n) is 3.57. The van der Waals surface area contributed by atoms with Crippen LogP contribution in [0, 0.1) is 0 Å². The number of nitrogens with zero attached hydrogens (tertiary/aromatic N) is 4. The number of aromatic nitrogens is 3. The SMILES string of the molecule is CC1CCCC(C)N1C(=O)Cn1cc(CN)nn1. The van der Waals surface area contributed by atoms with Crippen molar-refractivity contribution < 1.29 is 4.79 Å². The summed E-state index contributed by atoms with van der Waals surface area (Å²) in [6.45, 7) is 4.83. The summed E-state index contributed by atoms with van der Waals surface area (Å²) in [4.78, 5) is 14.3. The van der Waals surface area contributed by atoms with E-state index in [0.29, 0.717) is 24.3 Å². The molecule has 0 bridgehead atoms. The van der Waals surface area contributed by atoms with E-state index in [1.807, 2.05) is 4.90 Å².